The van der Waals surface area contributed by atoms with Gasteiger partial charge in [0, 0.05) is 12.2 Å². The molecule has 0 aromatic heterocycles. The highest BCUT2D eigenvalue weighted by Crippen LogP contribution is 2.15. The summed E-state index contributed by atoms with van der Waals surface area (Å²) in [6.45, 7) is 1.85. The fourth-order valence-corrected chi connectivity index (χ4v) is 1.67. The number of carbonyl (C=O) groups is 3. The van der Waals surface area contributed by atoms with Gasteiger partial charge in [-0.1, -0.05) is 0 Å². The van der Waals surface area contributed by atoms with Crippen LogP contribution in [0, 0.1) is 5.82 Å². The topological polar surface area (TPSA) is 107 Å². The summed E-state index contributed by atoms with van der Waals surface area (Å²) in [7, 11) is 0. The lowest BCUT2D eigenvalue weighted by Crippen LogP contribution is -2.49. The summed E-state index contributed by atoms with van der Waals surface area (Å²) in [4.78, 5) is 34.7. The summed E-state index contributed by atoms with van der Waals surface area (Å²) in [6.07, 6.45) is -0.734. The molecule has 1 rings (SSSR count). The lowest BCUT2D eigenvalue weighted by Gasteiger charge is -2.23. The minimum absolute atomic E-state index is 0.205. The van der Waals surface area contributed by atoms with Gasteiger partial charge in [-0.15, -0.1) is 0 Å². The van der Waals surface area contributed by atoms with Gasteiger partial charge in [-0.25, -0.2) is 14.0 Å². The monoisotopic (exact) mass is 298 g/mol. The van der Waals surface area contributed by atoms with Crippen LogP contribution in [0.1, 0.15) is 13.3 Å². The summed E-state index contributed by atoms with van der Waals surface area (Å²) >= 11 is 0. The van der Waals surface area contributed by atoms with E-state index in [9.17, 15) is 18.8 Å². The van der Waals surface area contributed by atoms with Crippen molar-refractivity contribution in [2.24, 2.45) is 0 Å². The number of anilines is 1. The molecule has 3 N–H and O–H groups in total. The number of rotatable bonds is 6. The number of amides is 2. The number of hydrogen-bond acceptors (Lipinski definition) is 3. The average molecular weight is 298 g/mol. The smallest absolute Gasteiger partial charge is 0.326 e. The van der Waals surface area contributed by atoms with Crippen LogP contribution in [0.2, 0.25) is 0 Å². The number of nitrogens with zero attached hydrogens (tertiary/aromatic N) is 1. The van der Waals surface area contributed by atoms with Crippen molar-refractivity contribution < 1.29 is 29.0 Å². The SMILES string of the molecule is CCN(C(=O)N[C@@H](CC(=O)O)C(=O)O)c1ccc(F)cc1. The molecule has 114 valence electrons. The van der Waals surface area contributed by atoms with E-state index < -0.39 is 36.2 Å². The number of carboxylic acid groups (broad SMARTS) is 2. The van der Waals surface area contributed by atoms with Gasteiger partial charge in [0.15, 0.2) is 0 Å². The molecule has 0 radical (unpaired) electrons. The molecular formula is C13H15FN2O5. The van der Waals surface area contributed by atoms with E-state index in [1.54, 1.807) is 6.92 Å². The first-order valence-corrected chi connectivity index (χ1v) is 6.13. The second kappa shape index (κ2) is 7.22. The molecule has 21 heavy (non-hydrogen) atoms. The molecule has 2 amide bonds. The third-order valence-corrected chi connectivity index (χ3v) is 2.67. The van der Waals surface area contributed by atoms with Crippen LogP contribution in [0.4, 0.5) is 14.9 Å². The Morgan fingerprint density at radius 2 is 1.81 bits per heavy atom. The number of benzene rings is 1. The second-order valence-electron chi connectivity index (χ2n) is 4.16. The number of nitrogens with one attached hydrogen (secondary N) is 1. The largest absolute Gasteiger partial charge is 0.481 e. The van der Waals surface area contributed by atoms with Gasteiger partial charge in [0.05, 0.1) is 6.42 Å². The van der Waals surface area contributed by atoms with E-state index in [4.69, 9.17) is 10.2 Å². The lowest BCUT2D eigenvalue weighted by molar-refractivity contribution is -0.145. The van der Waals surface area contributed by atoms with E-state index in [1.165, 1.54) is 17.0 Å². The molecule has 0 heterocycles. The van der Waals surface area contributed by atoms with Crippen LogP contribution >= 0.6 is 0 Å². The van der Waals surface area contributed by atoms with E-state index >= 15 is 0 Å². The summed E-state index contributed by atoms with van der Waals surface area (Å²) in [5.41, 5.74) is 0.371. The van der Waals surface area contributed by atoms with Crippen molar-refractivity contribution >= 4 is 23.7 Å². The molecule has 0 saturated heterocycles. The maximum atomic E-state index is 12.9. The third kappa shape index (κ3) is 4.75. The molecule has 1 aromatic carbocycles. The highest BCUT2D eigenvalue weighted by Gasteiger charge is 2.25. The van der Waals surface area contributed by atoms with E-state index in [0.717, 1.165) is 12.1 Å². The van der Waals surface area contributed by atoms with Gasteiger partial charge in [-0.3, -0.25) is 9.69 Å². The highest BCUT2D eigenvalue weighted by atomic mass is 19.1. The number of carbonyl (C=O) groups excluding carboxylic acids is 1. The van der Waals surface area contributed by atoms with Gasteiger partial charge in [0.1, 0.15) is 11.9 Å². The first kappa shape index (κ1) is 16.4. The molecule has 1 aromatic rings. The van der Waals surface area contributed by atoms with Gasteiger partial charge in [-0.05, 0) is 31.2 Å². The van der Waals surface area contributed by atoms with Crippen molar-refractivity contribution in [3.05, 3.63) is 30.1 Å². The first-order valence-electron chi connectivity index (χ1n) is 6.13. The molecule has 1 atom stereocenters. The zero-order valence-electron chi connectivity index (χ0n) is 11.2. The van der Waals surface area contributed by atoms with E-state index in [1.807, 2.05) is 0 Å². The Morgan fingerprint density at radius 3 is 2.24 bits per heavy atom. The molecule has 0 spiro atoms. The Morgan fingerprint density at radius 1 is 1.24 bits per heavy atom. The summed E-state index contributed by atoms with van der Waals surface area (Å²) in [5.74, 6) is -3.25. The predicted molar refractivity (Wildman–Crippen MR) is 71.6 cm³/mol. The third-order valence-electron chi connectivity index (χ3n) is 2.67. The van der Waals surface area contributed by atoms with Crippen molar-refractivity contribution in [3.63, 3.8) is 0 Å². The van der Waals surface area contributed by atoms with Crippen molar-refractivity contribution in [2.45, 2.75) is 19.4 Å². The average Bonchev–Trinajstić information content (AvgIpc) is 2.40. The number of aliphatic carboxylic acids is 2. The van der Waals surface area contributed by atoms with Crippen molar-refractivity contribution in [1.29, 1.82) is 0 Å². The van der Waals surface area contributed by atoms with Crippen LogP contribution < -0.4 is 10.2 Å². The Kier molecular flexibility index (Phi) is 5.65. The molecule has 8 heteroatoms. The molecule has 0 aliphatic carbocycles. The van der Waals surface area contributed by atoms with Crippen LogP contribution in [0.25, 0.3) is 0 Å². The minimum atomic E-state index is -1.54. The standard InChI is InChI=1S/C13H15FN2O5/c1-2-16(9-5-3-8(14)4-6-9)13(21)15-10(12(19)20)7-11(17)18/h3-6,10H,2,7H2,1H3,(H,15,21)(H,17,18)(H,19,20)/t10-/m0/s1. The van der Waals surface area contributed by atoms with Crippen LogP contribution in [-0.2, 0) is 9.59 Å². The first-order chi connectivity index (χ1) is 9.85. The number of urea groups is 1. The zero-order chi connectivity index (χ0) is 16.0. The fourth-order valence-electron chi connectivity index (χ4n) is 1.67. The van der Waals surface area contributed by atoms with Crippen LogP contribution in [0.3, 0.4) is 0 Å². The Labute approximate surface area is 120 Å². The zero-order valence-corrected chi connectivity index (χ0v) is 11.2. The van der Waals surface area contributed by atoms with E-state index in [-0.39, 0.29) is 6.54 Å². The molecule has 0 bridgehead atoms. The summed E-state index contributed by atoms with van der Waals surface area (Å²) in [5, 5.41) is 19.6. The quantitative estimate of drug-likeness (QED) is 0.733. The minimum Gasteiger partial charge on any atom is -0.481 e. The maximum Gasteiger partial charge on any atom is 0.326 e. The van der Waals surface area contributed by atoms with Crippen molar-refractivity contribution in [1.82, 2.24) is 5.32 Å². The number of hydrogen-bond donors (Lipinski definition) is 3. The number of halogens is 1. The van der Waals surface area contributed by atoms with Gasteiger partial charge in [0.2, 0.25) is 0 Å². The van der Waals surface area contributed by atoms with Gasteiger partial charge in [0.25, 0.3) is 0 Å². The van der Waals surface area contributed by atoms with Gasteiger partial charge < -0.3 is 15.5 Å². The lowest BCUT2D eigenvalue weighted by atomic mass is 10.2. The molecule has 0 aliphatic rings. The second-order valence-corrected chi connectivity index (χ2v) is 4.16. The Bertz CT molecular complexity index is 532. The molecule has 0 fully saturated rings. The summed E-state index contributed by atoms with van der Waals surface area (Å²) < 4.78 is 12.9. The van der Waals surface area contributed by atoms with Gasteiger partial charge in [-0.2, -0.15) is 0 Å². The van der Waals surface area contributed by atoms with Crippen molar-refractivity contribution in [3.8, 4) is 0 Å². The predicted octanol–water partition coefficient (Wildman–Crippen LogP) is 1.29. The molecule has 0 unspecified atom stereocenters. The molecule has 7 nitrogen and oxygen atoms in total. The molecular weight excluding hydrogens is 283 g/mol. The Hall–Kier alpha value is -2.64. The fraction of sp³-hybridized carbons (Fsp3) is 0.308. The summed E-state index contributed by atoms with van der Waals surface area (Å²) in [6, 6.07) is 2.76. The van der Waals surface area contributed by atoms with E-state index in [2.05, 4.69) is 5.32 Å². The maximum absolute atomic E-state index is 12.9. The van der Waals surface area contributed by atoms with E-state index in [0.29, 0.717) is 5.69 Å². The van der Waals surface area contributed by atoms with Gasteiger partial charge >= 0.3 is 18.0 Å². The normalized spacial score (nSPS) is 11.5. The number of carboxylic acids is 2. The van der Waals surface area contributed by atoms with Crippen molar-refractivity contribution in [2.75, 3.05) is 11.4 Å². The Balaban J connectivity index is 2.85. The molecule has 0 saturated carbocycles. The van der Waals surface area contributed by atoms with Crippen LogP contribution in [0.5, 0.6) is 0 Å². The highest BCUT2D eigenvalue weighted by molar-refractivity contribution is 5.95. The molecule has 0 aliphatic heterocycles. The van der Waals surface area contributed by atoms with Crippen LogP contribution in [0.15, 0.2) is 24.3 Å². The van der Waals surface area contributed by atoms with Crippen LogP contribution in [-0.4, -0.2) is 40.8 Å².